The van der Waals surface area contributed by atoms with Gasteiger partial charge in [0.25, 0.3) is 0 Å². The number of hydrogen-bond acceptors (Lipinski definition) is 2. The Morgan fingerprint density at radius 3 is 0.796 bits per heavy atom. The Kier molecular flexibility index (Phi) is 28.5. The van der Waals surface area contributed by atoms with Crippen molar-refractivity contribution in [2.75, 3.05) is 13.2 Å². The summed E-state index contributed by atoms with van der Waals surface area (Å²) in [5.74, 6) is 7.56. The number of rotatable bonds is 0. The number of halogens is 1. The van der Waals surface area contributed by atoms with Gasteiger partial charge in [-0.2, -0.15) is 0 Å². The van der Waals surface area contributed by atoms with Gasteiger partial charge in [0, 0.05) is 13.2 Å². The highest BCUT2D eigenvalue weighted by Crippen LogP contribution is 2.28. The molecule has 4 fully saturated rings. The molecule has 6 aliphatic rings. The first kappa shape index (κ1) is 48.3. The van der Waals surface area contributed by atoms with Gasteiger partial charge in [-0.15, -0.1) is 0 Å². The highest BCUT2D eigenvalue weighted by atomic mass is 19.0. The van der Waals surface area contributed by atoms with Crippen molar-refractivity contribution in [3.05, 3.63) is 23.3 Å². The molecule has 2 nitrogen and oxygen atoms in total. The van der Waals surface area contributed by atoms with Gasteiger partial charge in [0.15, 0.2) is 0 Å². The van der Waals surface area contributed by atoms with Gasteiger partial charge in [-0.25, -0.2) is 0 Å². The zero-order chi connectivity index (χ0) is 35.9. The highest BCUT2D eigenvalue weighted by Gasteiger charge is 2.15. The fraction of sp³-hybridized carbons (Fsp3) is 0.913. The standard InChI is InChI=1S/2C8H16.2C8H14.2C7H14O.FH/c4*1-7-3-5-8(2)6-4-7;2*1-6-3-4-7(2)8-5-6;/h2*7-8H,3-6H2,1-2H3;2*3,8H,4-6H2,1-2H3;2*6-7H,3-5H2,1-2H3;1H. The van der Waals surface area contributed by atoms with Crippen LogP contribution in [-0.2, 0) is 9.47 Å². The average molecular weight is 693 g/mol. The van der Waals surface area contributed by atoms with Crippen LogP contribution in [0.15, 0.2) is 23.3 Å². The van der Waals surface area contributed by atoms with E-state index in [4.69, 9.17) is 9.47 Å². The molecule has 0 spiro atoms. The van der Waals surface area contributed by atoms with E-state index in [2.05, 4.69) is 95.2 Å². The summed E-state index contributed by atoms with van der Waals surface area (Å²) in [4.78, 5) is 0. The maximum Gasteiger partial charge on any atom is 0.0547 e. The van der Waals surface area contributed by atoms with Crippen LogP contribution in [-0.4, -0.2) is 25.4 Å². The topological polar surface area (TPSA) is 18.5 Å². The largest absolute Gasteiger partial charge is 0.378 e. The van der Waals surface area contributed by atoms with Crippen LogP contribution >= 0.6 is 0 Å². The normalized spacial score (nSPS) is 35.7. The number of ether oxygens (including phenoxy) is 2. The van der Waals surface area contributed by atoms with Crippen LogP contribution in [0.3, 0.4) is 0 Å². The van der Waals surface area contributed by atoms with Gasteiger partial charge in [-0.3, -0.25) is 4.70 Å². The van der Waals surface area contributed by atoms with E-state index in [-0.39, 0.29) is 4.70 Å². The lowest BCUT2D eigenvalue weighted by Gasteiger charge is -2.23. The Morgan fingerprint density at radius 2 is 0.633 bits per heavy atom. The molecule has 0 aromatic rings. The van der Waals surface area contributed by atoms with E-state index in [9.17, 15) is 0 Å². The number of allylic oxidation sites excluding steroid dienone is 4. The van der Waals surface area contributed by atoms with Crippen molar-refractivity contribution < 1.29 is 14.2 Å². The van der Waals surface area contributed by atoms with Crippen molar-refractivity contribution in [3.8, 4) is 0 Å². The Bertz CT molecular complexity index is 655. The van der Waals surface area contributed by atoms with E-state index in [1.807, 2.05) is 0 Å². The molecule has 0 aromatic heterocycles. The van der Waals surface area contributed by atoms with Crippen LogP contribution < -0.4 is 0 Å². The van der Waals surface area contributed by atoms with Crippen molar-refractivity contribution in [3.63, 3.8) is 0 Å². The molecule has 2 saturated heterocycles. The van der Waals surface area contributed by atoms with Gasteiger partial charge in [0.2, 0.25) is 0 Å². The van der Waals surface area contributed by atoms with E-state index in [1.54, 1.807) is 11.1 Å². The molecule has 0 radical (unpaired) electrons. The fourth-order valence-corrected chi connectivity index (χ4v) is 7.08. The van der Waals surface area contributed by atoms with E-state index < -0.39 is 0 Å². The second-order valence-electron chi connectivity index (χ2n) is 18.2. The minimum atomic E-state index is 0. The summed E-state index contributed by atoms with van der Waals surface area (Å²) in [5.41, 5.74) is 3.17. The van der Waals surface area contributed by atoms with Crippen molar-refractivity contribution in [1.29, 1.82) is 0 Å². The smallest absolute Gasteiger partial charge is 0.0547 e. The molecule has 0 N–H and O–H groups in total. The molecule has 4 aliphatic carbocycles. The molecule has 2 heterocycles. The van der Waals surface area contributed by atoms with Gasteiger partial charge in [-0.05, 0) is 139 Å². The Labute approximate surface area is 308 Å². The lowest BCUT2D eigenvalue weighted by molar-refractivity contribution is 0.000174. The van der Waals surface area contributed by atoms with Crippen LogP contribution in [0.2, 0.25) is 0 Å². The summed E-state index contributed by atoms with van der Waals surface area (Å²) in [6.07, 6.45) is 30.9. The number of hydrogen-bond donors (Lipinski definition) is 0. The lowest BCUT2D eigenvalue weighted by atomic mass is 9.84. The van der Waals surface area contributed by atoms with Crippen molar-refractivity contribution in [1.82, 2.24) is 0 Å². The Balaban J connectivity index is 0.000000562. The first-order chi connectivity index (χ1) is 22.7. The van der Waals surface area contributed by atoms with Crippen LogP contribution in [0, 0.1) is 47.3 Å². The molecule has 3 heteroatoms. The lowest BCUT2D eigenvalue weighted by Crippen LogP contribution is -2.21. The summed E-state index contributed by atoms with van der Waals surface area (Å²) >= 11 is 0. The first-order valence-corrected chi connectivity index (χ1v) is 21.3. The molecule has 2 saturated carbocycles. The van der Waals surface area contributed by atoms with Crippen LogP contribution in [0.25, 0.3) is 0 Å². The molecule has 6 rings (SSSR count). The first-order valence-electron chi connectivity index (χ1n) is 21.3. The summed E-state index contributed by atoms with van der Waals surface area (Å²) in [7, 11) is 0. The van der Waals surface area contributed by atoms with Crippen molar-refractivity contribution in [2.24, 2.45) is 47.3 Å². The average Bonchev–Trinajstić information content (AvgIpc) is 3.07. The third-order valence-electron chi connectivity index (χ3n) is 11.9. The summed E-state index contributed by atoms with van der Waals surface area (Å²) in [6.45, 7) is 29.3. The monoisotopic (exact) mass is 693 g/mol. The maximum atomic E-state index is 5.39. The van der Waals surface area contributed by atoms with Gasteiger partial charge in [0.1, 0.15) is 0 Å². The van der Waals surface area contributed by atoms with Crippen molar-refractivity contribution >= 4 is 0 Å². The second kappa shape index (κ2) is 28.9. The molecule has 2 aliphatic heterocycles. The van der Waals surface area contributed by atoms with E-state index >= 15 is 0 Å². The minimum Gasteiger partial charge on any atom is -0.378 e. The molecule has 0 bridgehead atoms. The summed E-state index contributed by atoms with van der Waals surface area (Å²) in [6, 6.07) is 0. The molecule has 6 unspecified atom stereocenters. The van der Waals surface area contributed by atoms with E-state index in [0.29, 0.717) is 12.2 Å². The Morgan fingerprint density at radius 1 is 0.367 bits per heavy atom. The summed E-state index contributed by atoms with van der Waals surface area (Å²) < 4.78 is 10.8. The predicted octanol–water partition coefficient (Wildman–Crippen LogP) is 15.0. The van der Waals surface area contributed by atoms with Gasteiger partial charge >= 0.3 is 0 Å². The highest BCUT2D eigenvalue weighted by molar-refractivity contribution is 5.02. The fourth-order valence-electron chi connectivity index (χ4n) is 7.08. The summed E-state index contributed by atoms with van der Waals surface area (Å²) in [5, 5.41) is 0. The third-order valence-corrected chi connectivity index (χ3v) is 11.9. The van der Waals surface area contributed by atoms with Gasteiger partial charge < -0.3 is 9.47 Å². The van der Waals surface area contributed by atoms with E-state index in [1.165, 1.54) is 116 Å². The van der Waals surface area contributed by atoms with Crippen LogP contribution in [0.4, 0.5) is 4.70 Å². The molecular weight excluding hydrogens is 604 g/mol. The molecule has 292 valence electrons. The zero-order valence-corrected chi connectivity index (χ0v) is 35.3. The zero-order valence-electron chi connectivity index (χ0n) is 35.3. The SMILES string of the molecule is CC1=CCC(C)CC1.CC1=CCC(C)CC1.CC1CCC(C)CC1.CC1CCC(C)CC1.CC1CCC(C)OC1.CC1CCC(C)OC1.F. The van der Waals surface area contributed by atoms with E-state index in [0.717, 1.165) is 60.6 Å². The third kappa shape index (κ3) is 27.6. The van der Waals surface area contributed by atoms with Gasteiger partial charge in [-0.1, -0.05) is 130 Å². The van der Waals surface area contributed by atoms with Crippen molar-refractivity contribution in [2.45, 2.75) is 211 Å². The van der Waals surface area contributed by atoms with Crippen LogP contribution in [0.1, 0.15) is 199 Å². The molecule has 6 atom stereocenters. The molecule has 0 aromatic carbocycles. The van der Waals surface area contributed by atoms with Crippen LogP contribution in [0.5, 0.6) is 0 Å². The molecule has 0 amide bonds. The Hall–Kier alpha value is -0.670. The predicted molar refractivity (Wildman–Crippen MR) is 217 cm³/mol. The van der Waals surface area contributed by atoms with Gasteiger partial charge in [0.05, 0.1) is 12.2 Å². The molecule has 49 heavy (non-hydrogen) atoms. The second-order valence-corrected chi connectivity index (χ2v) is 18.2. The maximum absolute atomic E-state index is 5.39. The quantitative estimate of drug-likeness (QED) is 0.235. The minimum absolute atomic E-state index is 0. The molecular formula is C46H89FO2.